The molecule has 3 heterocycles. The van der Waals surface area contributed by atoms with Crippen LogP contribution in [0.4, 0.5) is 5.82 Å². The summed E-state index contributed by atoms with van der Waals surface area (Å²) in [5, 5.41) is 10.7. The summed E-state index contributed by atoms with van der Waals surface area (Å²) in [6.45, 7) is 0.942. The van der Waals surface area contributed by atoms with Gasteiger partial charge < -0.3 is 10.6 Å². The summed E-state index contributed by atoms with van der Waals surface area (Å²) in [4.78, 5) is 12.0. The molecular formula is C11H16N4OS. The van der Waals surface area contributed by atoms with Crippen LogP contribution in [0.5, 0.6) is 0 Å². The van der Waals surface area contributed by atoms with Gasteiger partial charge in [-0.15, -0.1) is 0 Å². The number of nitrogens with one attached hydrogen (secondary N) is 2. The van der Waals surface area contributed by atoms with Crippen molar-refractivity contribution >= 4 is 23.5 Å². The van der Waals surface area contributed by atoms with Gasteiger partial charge in [0.25, 0.3) is 0 Å². The number of carbonyl (C=O) groups excluding carboxylic acids is 1. The first-order chi connectivity index (χ1) is 8.25. The van der Waals surface area contributed by atoms with Gasteiger partial charge in [-0.05, 0) is 19.4 Å². The molecule has 1 amide bonds. The van der Waals surface area contributed by atoms with Gasteiger partial charge in [-0.2, -0.15) is 16.9 Å². The Labute approximate surface area is 104 Å². The Kier molecular flexibility index (Phi) is 2.84. The molecule has 0 bridgehead atoms. The fraction of sp³-hybridized carbons (Fsp3) is 0.636. The number of thioether (sulfide) groups is 1. The van der Waals surface area contributed by atoms with E-state index in [4.69, 9.17) is 0 Å². The Morgan fingerprint density at radius 2 is 2.47 bits per heavy atom. The molecule has 6 heteroatoms. The second kappa shape index (κ2) is 4.34. The van der Waals surface area contributed by atoms with E-state index in [1.807, 2.05) is 18.8 Å². The first kappa shape index (κ1) is 11.1. The van der Waals surface area contributed by atoms with Gasteiger partial charge in [0.15, 0.2) is 0 Å². The van der Waals surface area contributed by atoms with Gasteiger partial charge in [-0.3, -0.25) is 9.48 Å². The number of hydrogen-bond donors (Lipinski definition) is 2. The molecule has 0 aromatic carbocycles. The highest BCUT2D eigenvalue weighted by Gasteiger charge is 2.26. The predicted octanol–water partition coefficient (Wildman–Crippen LogP) is 0.857. The molecule has 17 heavy (non-hydrogen) atoms. The average Bonchev–Trinajstić information content (AvgIpc) is 2.98. The van der Waals surface area contributed by atoms with Crippen LogP contribution in [0.3, 0.4) is 0 Å². The minimum Gasteiger partial charge on any atom is -0.309 e. The van der Waals surface area contributed by atoms with Crippen molar-refractivity contribution in [3.8, 4) is 0 Å². The van der Waals surface area contributed by atoms with Crippen molar-refractivity contribution in [2.45, 2.75) is 30.4 Å². The summed E-state index contributed by atoms with van der Waals surface area (Å²) in [6, 6.07) is -0.0328. The van der Waals surface area contributed by atoms with E-state index in [1.54, 1.807) is 4.68 Å². The molecular weight excluding hydrogens is 236 g/mol. The first-order valence-electron chi connectivity index (χ1n) is 5.92. The zero-order valence-electron chi connectivity index (χ0n) is 9.82. The lowest BCUT2D eigenvalue weighted by atomic mass is 10.2. The summed E-state index contributed by atoms with van der Waals surface area (Å²) in [5.41, 5.74) is 2.32. The molecule has 3 rings (SSSR count). The Hall–Kier alpha value is -1.01. The van der Waals surface area contributed by atoms with Crippen molar-refractivity contribution in [3.63, 3.8) is 0 Å². The van der Waals surface area contributed by atoms with E-state index >= 15 is 0 Å². The molecule has 0 unspecified atom stereocenters. The highest BCUT2D eigenvalue weighted by molar-refractivity contribution is 7.98. The van der Waals surface area contributed by atoms with Crippen molar-refractivity contribution < 1.29 is 4.79 Å². The summed E-state index contributed by atoms with van der Waals surface area (Å²) >= 11 is 1.85. The second-order valence-corrected chi connectivity index (χ2v) is 5.51. The number of hydrogen-bond acceptors (Lipinski definition) is 4. The van der Waals surface area contributed by atoms with Crippen molar-refractivity contribution in [2.75, 3.05) is 11.9 Å². The maximum absolute atomic E-state index is 12.0. The highest BCUT2D eigenvalue weighted by Crippen LogP contribution is 2.34. The van der Waals surface area contributed by atoms with Gasteiger partial charge in [0.2, 0.25) is 5.91 Å². The van der Waals surface area contributed by atoms with Gasteiger partial charge in [-0.1, -0.05) is 0 Å². The van der Waals surface area contributed by atoms with Crippen LogP contribution in [0.2, 0.25) is 0 Å². The van der Waals surface area contributed by atoms with E-state index in [9.17, 15) is 4.79 Å². The van der Waals surface area contributed by atoms with E-state index < -0.39 is 0 Å². The minimum absolute atomic E-state index is 0.0328. The number of rotatable bonds is 2. The van der Waals surface area contributed by atoms with E-state index in [-0.39, 0.29) is 11.9 Å². The van der Waals surface area contributed by atoms with E-state index in [0.717, 1.165) is 42.4 Å². The first-order valence-corrected chi connectivity index (χ1v) is 7.08. The van der Waals surface area contributed by atoms with Crippen molar-refractivity contribution in [3.05, 3.63) is 11.3 Å². The van der Waals surface area contributed by atoms with Crippen molar-refractivity contribution in [1.82, 2.24) is 15.1 Å². The van der Waals surface area contributed by atoms with Crippen LogP contribution in [0, 0.1) is 0 Å². The van der Waals surface area contributed by atoms with Crippen LogP contribution in [0.15, 0.2) is 0 Å². The number of aryl methyl sites for hydroxylation is 1. The molecule has 2 aliphatic heterocycles. The normalized spacial score (nSPS) is 22.8. The predicted molar refractivity (Wildman–Crippen MR) is 67.9 cm³/mol. The maximum Gasteiger partial charge on any atom is 0.242 e. The molecule has 1 fully saturated rings. The van der Waals surface area contributed by atoms with Crippen LogP contribution >= 0.6 is 11.8 Å². The van der Waals surface area contributed by atoms with E-state index in [0.29, 0.717) is 0 Å². The molecule has 5 nitrogen and oxygen atoms in total. The standard InChI is InChI=1S/C11H16N4OS/c1-15-10(7-5-17-6-9(7)14-15)13-11(16)8-3-2-4-12-8/h8,12H,2-6H2,1H3,(H,13,16)/t8-/m0/s1. The molecule has 0 saturated carbocycles. The molecule has 2 N–H and O–H groups in total. The van der Waals surface area contributed by atoms with Crippen LogP contribution in [0.1, 0.15) is 24.1 Å². The zero-order chi connectivity index (χ0) is 11.8. The van der Waals surface area contributed by atoms with Gasteiger partial charge in [0, 0.05) is 24.1 Å². The number of aromatic nitrogens is 2. The highest BCUT2D eigenvalue weighted by atomic mass is 32.2. The van der Waals surface area contributed by atoms with Gasteiger partial charge >= 0.3 is 0 Å². The van der Waals surface area contributed by atoms with Gasteiger partial charge in [0.05, 0.1) is 11.7 Å². The second-order valence-electron chi connectivity index (χ2n) is 4.53. The molecule has 0 radical (unpaired) electrons. The number of fused-ring (bicyclic) bond motifs is 1. The van der Waals surface area contributed by atoms with Crippen molar-refractivity contribution in [2.24, 2.45) is 7.05 Å². The Morgan fingerprint density at radius 1 is 1.59 bits per heavy atom. The quantitative estimate of drug-likeness (QED) is 0.819. The molecule has 1 aromatic rings. The van der Waals surface area contributed by atoms with E-state index in [2.05, 4.69) is 15.7 Å². The molecule has 1 aromatic heterocycles. The van der Waals surface area contributed by atoms with Crippen LogP contribution < -0.4 is 10.6 Å². The fourth-order valence-electron chi connectivity index (χ4n) is 2.41. The monoisotopic (exact) mass is 252 g/mol. The molecule has 0 spiro atoms. The zero-order valence-corrected chi connectivity index (χ0v) is 10.6. The lowest BCUT2D eigenvalue weighted by Crippen LogP contribution is -2.36. The number of carbonyl (C=O) groups is 1. The lowest BCUT2D eigenvalue weighted by Gasteiger charge is -2.12. The third-order valence-electron chi connectivity index (χ3n) is 3.33. The fourth-order valence-corrected chi connectivity index (χ4v) is 3.44. The SMILES string of the molecule is Cn1nc2c(c1NC(=O)[C@@H]1CCCN1)CSC2. The summed E-state index contributed by atoms with van der Waals surface area (Å²) in [7, 11) is 1.89. The number of amides is 1. The summed E-state index contributed by atoms with van der Waals surface area (Å²) in [5.74, 6) is 2.87. The number of nitrogens with zero attached hydrogens (tertiary/aromatic N) is 2. The third-order valence-corrected chi connectivity index (χ3v) is 4.30. The van der Waals surface area contributed by atoms with Crippen LogP contribution in [-0.2, 0) is 23.3 Å². The summed E-state index contributed by atoms with van der Waals surface area (Å²) in [6.07, 6.45) is 2.01. The van der Waals surface area contributed by atoms with Gasteiger partial charge in [0.1, 0.15) is 5.82 Å². The largest absolute Gasteiger partial charge is 0.309 e. The maximum atomic E-state index is 12.0. The lowest BCUT2D eigenvalue weighted by molar-refractivity contribution is -0.117. The Morgan fingerprint density at radius 3 is 3.24 bits per heavy atom. The number of anilines is 1. The Balaban J connectivity index is 1.78. The topological polar surface area (TPSA) is 59.0 Å². The van der Waals surface area contributed by atoms with Crippen molar-refractivity contribution in [1.29, 1.82) is 0 Å². The van der Waals surface area contributed by atoms with Gasteiger partial charge in [-0.25, -0.2) is 0 Å². The van der Waals surface area contributed by atoms with Crippen LogP contribution in [0.25, 0.3) is 0 Å². The molecule has 1 saturated heterocycles. The molecule has 2 aliphatic rings. The third kappa shape index (κ3) is 1.95. The molecule has 92 valence electrons. The van der Waals surface area contributed by atoms with E-state index in [1.165, 1.54) is 5.56 Å². The average molecular weight is 252 g/mol. The van der Waals surface area contributed by atoms with Crippen LogP contribution in [-0.4, -0.2) is 28.3 Å². The molecule has 0 aliphatic carbocycles. The summed E-state index contributed by atoms with van der Waals surface area (Å²) < 4.78 is 1.79. The smallest absolute Gasteiger partial charge is 0.242 e. The Bertz CT molecular complexity index is 451. The molecule has 1 atom stereocenters. The minimum atomic E-state index is -0.0328.